The fourth-order valence-electron chi connectivity index (χ4n) is 3.12. The van der Waals surface area contributed by atoms with Gasteiger partial charge in [-0.05, 0) is 27.2 Å². The average molecular weight is 717 g/mol. The van der Waals surface area contributed by atoms with Crippen molar-refractivity contribution in [3.05, 3.63) is 0 Å². The van der Waals surface area contributed by atoms with Gasteiger partial charge in [-0.25, -0.2) is 0 Å². The summed E-state index contributed by atoms with van der Waals surface area (Å²) in [5.74, 6) is -72.1. The molecule has 0 aromatic heterocycles. The first-order valence-electron chi connectivity index (χ1n) is 11.6. The molecule has 44 heavy (non-hydrogen) atoms. The standard InChI is InChI=1S/C19H22F19NO4Si/c1-4-41-44(42-5-2,43-6-3)9-7-8-39-10(40)11(20,21)12(22,23)13(24,25)14(26,27)15(28,29)16(30,31)17(32,33)18(34,35)19(36,37)38/h4-9H2,1-3H3,(H,39,40). The first kappa shape index (κ1) is 42.2. The van der Waals surface area contributed by atoms with Gasteiger partial charge in [0.1, 0.15) is 0 Å². The van der Waals surface area contributed by atoms with Crippen molar-refractivity contribution in [3.63, 3.8) is 0 Å². The van der Waals surface area contributed by atoms with Crippen LogP contribution >= 0.6 is 0 Å². The van der Waals surface area contributed by atoms with Crippen LogP contribution in [-0.2, 0) is 18.1 Å². The predicted molar refractivity (Wildman–Crippen MR) is 109 cm³/mol. The van der Waals surface area contributed by atoms with Crippen LogP contribution in [0.1, 0.15) is 27.2 Å². The number of hydrogen-bond acceptors (Lipinski definition) is 4. The number of hydrogen-bond donors (Lipinski definition) is 1. The van der Waals surface area contributed by atoms with Crippen molar-refractivity contribution in [2.75, 3.05) is 26.4 Å². The molecule has 264 valence electrons. The molecule has 0 aliphatic carbocycles. The highest BCUT2D eigenvalue weighted by Gasteiger charge is 2.97. The Morgan fingerprint density at radius 1 is 0.523 bits per heavy atom. The minimum Gasteiger partial charge on any atom is -0.374 e. The molecule has 0 aliphatic heterocycles. The van der Waals surface area contributed by atoms with Crippen LogP contribution in [0.5, 0.6) is 0 Å². The summed E-state index contributed by atoms with van der Waals surface area (Å²) in [6.45, 7) is 2.84. The molecule has 0 radical (unpaired) electrons. The molecular formula is C19H22F19NO4Si. The third kappa shape index (κ3) is 6.69. The number of amides is 1. The quantitative estimate of drug-likeness (QED) is 0.0928. The lowest BCUT2D eigenvalue weighted by Crippen LogP contribution is -2.76. The molecule has 1 amide bonds. The van der Waals surface area contributed by atoms with Gasteiger partial charge < -0.3 is 18.6 Å². The minimum atomic E-state index is -9.05. The third-order valence-electron chi connectivity index (χ3n) is 5.44. The van der Waals surface area contributed by atoms with Crippen molar-refractivity contribution < 1.29 is 101 Å². The van der Waals surface area contributed by atoms with E-state index in [-0.39, 0.29) is 19.8 Å². The molecular weight excluding hydrogens is 695 g/mol. The summed E-state index contributed by atoms with van der Waals surface area (Å²) < 4.78 is 270. The SMILES string of the molecule is CCO[Si](CCCNC(=O)C(F)(F)C(F)(F)C(F)(F)C(F)(F)C(F)(F)C(F)(F)C(F)(F)C(F)(F)C(F)(F)F)(OCC)OCC. The van der Waals surface area contributed by atoms with E-state index in [2.05, 4.69) is 0 Å². The first-order valence-corrected chi connectivity index (χ1v) is 13.5. The molecule has 0 fully saturated rings. The lowest BCUT2D eigenvalue weighted by molar-refractivity contribution is -0.467. The van der Waals surface area contributed by atoms with Crippen LogP contribution in [0.2, 0.25) is 6.04 Å². The summed E-state index contributed by atoms with van der Waals surface area (Å²) in [5.41, 5.74) is 0. The number of carbonyl (C=O) groups excluding carboxylic acids is 1. The van der Waals surface area contributed by atoms with Gasteiger partial charge in [-0.1, -0.05) is 0 Å². The molecule has 0 spiro atoms. The van der Waals surface area contributed by atoms with Crippen molar-refractivity contribution in [2.24, 2.45) is 0 Å². The van der Waals surface area contributed by atoms with E-state index in [1.54, 1.807) is 0 Å². The van der Waals surface area contributed by atoms with Crippen LogP contribution in [0.15, 0.2) is 0 Å². The van der Waals surface area contributed by atoms with Gasteiger partial charge in [0.05, 0.1) is 0 Å². The maximum Gasteiger partial charge on any atom is 0.500 e. The fraction of sp³-hybridized carbons (Fsp3) is 0.947. The molecule has 25 heteroatoms. The van der Waals surface area contributed by atoms with Gasteiger partial charge in [0.25, 0.3) is 5.91 Å². The van der Waals surface area contributed by atoms with Gasteiger partial charge >= 0.3 is 62.4 Å². The van der Waals surface area contributed by atoms with E-state index in [1.807, 2.05) is 0 Å². The Morgan fingerprint density at radius 2 is 0.818 bits per heavy atom. The van der Waals surface area contributed by atoms with Gasteiger partial charge in [-0.2, -0.15) is 83.4 Å². The second-order valence-corrected chi connectivity index (χ2v) is 11.2. The van der Waals surface area contributed by atoms with Gasteiger partial charge in [-0.3, -0.25) is 4.79 Å². The largest absolute Gasteiger partial charge is 0.500 e. The Morgan fingerprint density at radius 3 is 1.11 bits per heavy atom. The Labute approximate surface area is 235 Å². The number of carbonyl (C=O) groups is 1. The maximum atomic E-state index is 14.0. The normalized spacial score (nSPS) is 15.5. The molecule has 0 aromatic carbocycles. The van der Waals surface area contributed by atoms with Gasteiger partial charge in [0.2, 0.25) is 0 Å². The lowest BCUT2D eigenvalue weighted by Gasteiger charge is -2.43. The van der Waals surface area contributed by atoms with E-state index in [1.165, 1.54) is 20.8 Å². The van der Waals surface area contributed by atoms with Crippen molar-refractivity contribution in [3.8, 4) is 0 Å². The van der Waals surface area contributed by atoms with E-state index in [0.717, 1.165) is 5.32 Å². The molecule has 0 saturated carbocycles. The monoisotopic (exact) mass is 717 g/mol. The summed E-state index contributed by atoms with van der Waals surface area (Å²) in [6.07, 6.45) is -8.59. The first-order chi connectivity index (χ1) is 19.3. The summed E-state index contributed by atoms with van der Waals surface area (Å²) in [4.78, 5) is 11.6. The number of rotatable bonds is 18. The van der Waals surface area contributed by atoms with E-state index in [0.29, 0.717) is 0 Å². The molecule has 0 unspecified atom stereocenters. The Bertz CT molecular complexity index is 956. The van der Waals surface area contributed by atoms with E-state index in [4.69, 9.17) is 13.3 Å². The summed E-state index contributed by atoms with van der Waals surface area (Å²) >= 11 is 0. The van der Waals surface area contributed by atoms with E-state index >= 15 is 0 Å². The average Bonchev–Trinajstić information content (AvgIpc) is 2.85. The van der Waals surface area contributed by atoms with Crippen molar-refractivity contribution in [1.29, 1.82) is 0 Å². The molecule has 0 saturated heterocycles. The zero-order valence-electron chi connectivity index (χ0n) is 22.1. The van der Waals surface area contributed by atoms with Crippen LogP contribution in [-0.4, -0.2) is 94.6 Å². The van der Waals surface area contributed by atoms with Crippen LogP contribution in [0, 0.1) is 0 Å². The molecule has 0 aromatic rings. The van der Waals surface area contributed by atoms with E-state index in [9.17, 15) is 88.2 Å². The summed E-state index contributed by atoms with van der Waals surface area (Å²) in [7, 11) is -3.63. The highest BCUT2D eigenvalue weighted by Crippen LogP contribution is 2.65. The van der Waals surface area contributed by atoms with Crippen molar-refractivity contribution >= 4 is 14.7 Å². The number of nitrogens with one attached hydrogen (secondary N) is 1. The Kier molecular flexibility index (Phi) is 12.6. The van der Waals surface area contributed by atoms with Crippen molar-refractivity contribution in [2.45, 2.75) is 86.8 Å². The second kappa shape index (κ2) is 13.2. The number of alkyl halides is 19. The minimum absolute atomic E-state index is 0.0738. The second-order valence-electron chi connectivity index (χ2n) is 8.43. The summed E-state index contributed by atoms with van der Waals surface area (Å²) in [6, 6.07) is -0.406. The molecule has 0 atom stereocenters. The van der Waals surface area contributed by atoms with Crippen LogP contribution < -0.4 is 5.32 Å². The topological polar surface area (TPSA) is 56.8 Å². The molecule has 1 N–H and O–H groups in total. The third-order valence-corrected chi connectivity index (χ3v) is 8.59. The maximum absolute atomic E-state index is 14.0. The van der Waals surface area contributed by atoms with Gasteiger partial charge in [0.15, 0.2) is 0 Å². The molecule has 0 aliphatic rings. The Balaban J connectivity index is 6.36. The highest BCUT2D eigenvalue weighted by atomic mass is 28.4. The smallest absolute Gasteiger partial charge is 0.374 e. The fourth-order valence-corrected chi connectivity index (χ4v) is 5.73. The molecule has 5 nitrogen and oxygen atoms in total. The zero-order chi connectivity index (χ0) is 35.6. The lowest BCUT2D eigenvalue weighted by atomic mass is 9.87. The molecule has 0 heterocycles. The Hall–Kier alpha value is -1.76. The molecule has 0 rings (SSSR count). The van der Waals surface area contributed by atoms with Crippen LogP contribution in [0.25, 0.3) is 0 Å². The van der Waals surface area contributed by atoms with Crippen molar-refractivity contribution in [1.82, 2.24) is 5.32 Å². The number of halogens is 19. The highest BCUT2D eigenvalue weighted by molar-refractivity contribution is 6.60. The van der Waals surface area contributed by atoms with Gasteiger partial charge in [0, 0.05) is 32.4 Å². The van der Waals surface area contributed by atoms with E-state index < -0.39 is 87.3 Å². The summed E-state index contributed by atoms with van der Waals surface area (Å²) in [5, 5.41) is 0.810. The van der Waals surface area contributed by atoms with Crippen LogP contribution in [0.3, 0.4) is 0 Å². The predicted octanol–water partition coefficient (Wildman–Crippen LogP) is 7.19. The zero-order valence-corrected chi connectivity index (χ0v) is 23.1. The molecule has 0 bridgehead atoms. The van der Waals surface area contributed by atoms with Crippen LogP contribution in [0.4, 0.5) is 83.4 Å². The van der Waals surface area contributed by atoms with Gasteiger partial charge in [-0.15, -0.1) is 0 Å².